The molecule has 25 heavy (non-hydrogen) atoms. The molecule has 2 aliphatic rings. The fourth-order valence-electron chi connectivity index (χ4n) is 3.34. The Morgan fingerprint density at radius 1 is 1.04 bits per heavy atom. The van der Waals surface area contributed by atoms with Crippen LogP contribution in [0.3, 0.4) is 0 Å². The lowest BCUT2D eigenvalue weighted by atomic mass is 10.2. The van der Waals surface area contributed by atoms with E-state index in [1.165, 1.54) is 14.2 Å². The van der Waals surface area contributed by atoms with Gasteiger partial charge in [-0.3, -0.25) is 9.59 Å². The molecule has 7 heteroatoms. The standard InChI is InChI=1S/C18H23ClN2O4/c1-24-15-9-14(16(25-2)8-13(15)19)21-18(23)12-7-11(12)17(22)20-10-5-3-4-6-10/h8-12H,3-7H2,1-2H3,(H,20,22)(H,21,23). The van der Waals surface area contributed by atoms with Crippen molar-refractivity contribution in [2.45, 2.75) is 38.1 Å². The van der Waals surface area contributed by atoms with Gasteiger partial charge >= 0.3 is 0 Å². The summed E-state index contributed by atoms with van der Waals surface area (Å²) in [4.78, 5) is 24.7. The van der Waals surface area contributed by atoms with Crippen LogP contribution in [-0.4, -0.2) is 32.1 Å². The number of hydrogen-bond acceptors (Lipinski definition) is 4. The molecule has 2 aliphatic carbocycles. The number of hydrogen-bond donors (Lipinski definition) is 2. The molecule has 0 saturated heterocycles. The predicted molar refractivity (Wildman–Crippen MR) is 95.2 cm³/mol. The number of carbonyl (C=O) groups excluding carboxylic acids is 2. The highest BCUT2D eigenvalue weighted by molar-refractivity contribution is 6.32. The Kier molecular flexibility index (Phi) is 5.37. The molecule has 2 fully saturated rings. The van der Waals surface area contributed by atoms with Crippen molar-refractivity contribution in [1.82, 2.24) is 5.32 Å². The first kappa shape index (κ1) is 17.9. The summed E-state index contributed by atoms with van der Waals surface area (Å²) >= 11 is 6.07. The number of benzene rings is 1. The van der Waals surface area contributed by atoms with E-state index in [0.717, 1.165) is 25.7 Å². The van der Waals surface area contributed by atoms with Gasteiger partial charge in [0.15, 0.2) is 0 Å². The van der Waals surface area contributed by atoms with Gasteiger partial charge < -0.3 is 20.1 Å². The topological polar surface area (TPSA) is 76.7 Å². The molecule has 1 aromatic carbocycles. The molecule has 2 amide bonds. The average molecular weight is 367 g/mol. The van der Waals surface area contributed by atoms with Gasteiger partial charge in [-0.1, -0.05) is 24.4 Å². The number of anilines is 1. The predicted octanol–water partition coefficient (Wildman–Crippen LogP) is 2.99. The quantitative estimate of drug-likeness (QED) is 0.811. The van der Waals surface area contributed by atoms with E-state index in [0.29, 0.717) is 28.6 Å². The van der Waals surface area contributed by atoms with Crippen molar-refractivity contribution in [1.29, 1.82) is 0 Å². The van der Waals surface area contributed by atoms with E-state index in [2.05, 4.69) is 10.6 Å². The molecule has 2 N–H and O–H groups in total. The molecule has 1 aromatic rings. The van der Waals surface area contributed by atoms with Gasteiger partial charge in [-0.15, -0.1) is 0 Å². The van der Waals surface area contributed by atoms with Crippen molar-refractivity contribution in [3.63, 3.8) is 0 Å². The lowest BCUT2D eigenvalue weighted by molar-refractivity contribution is -0.125. The minimum atomic E-state index is -0.298. The van der Waals surface area contributed by atoms with Crippen molar-refractivity contribution in [3.8, 4) is 11.5 Å². The third-order valence-corrected chi connectivity index (χ3v) is 5.19. The molecule has 2 atom stereocenters. The van der Waals surface area contributed by atoms with E-state index in [1.807, 2.05) is 0 Å². The van der Waals surface area contributed by atoms with Crippen LogP contribution in [0.4, 0.5) is 5.69 Å². The molecular weight excluding hydrogens is 344 g/mol. The maximum absolute atomic E-state index is 12.5. The largest absolute Gasteiger partial charge is 0.495 e. The third-order valence-electron chi connectivity index (χ3n) is 4.90. The van der Waals surface area contributed by atoms with Crippen molar-refractivity contribution < 1.29 is 19.1 Å². The fourth-order valence-corrected chi connectivity index (χ4v) is 3.57. The van der Waals surface area contributed by atoms with Crippen LogP contribution in [0.5, 0.6) is 11.5 Å². The van der Waals surface area contributed by atoms with Gasteiger partial charge in [0.2, 0.25) is 11.8 Å². The van der Waals surface area contributed by atoms with Gasteiger partial charge in [-0.05, 0) is 19.3 Å². The van der Waals surface area contributed by atoms with E-state index in [1.54, 1.807) is 12.1 Å². The molecule has 0 spiro atoms. The Bertz CT molecular complexity index is 673. The van der Waals surface area contributed by atoms with Crippen LogP contribution in [0.15, 0.2) is 12.1 Å². The van der Waals surface area contributed by atoms with Crippen LogP contribution in [0.25, 0.3) is 0 Å². The van der Waals surface area contributed by atoms with Crippen LogP contribution < -0.4 is 20.1 Å². The highest BCUT2D eigenvalue weighted by Gasteiger charge is 2.48. The lowest BCUT2D eigenvalue weighted by Crippen LogP contribution is -2.34. The Morgan fingerprint density at radius 2 is 1.68 bits per heavy atom. The second-order valence-corrected chi connectivity index (χ2v) is 7.02. The number of carbonyl (C=O) groups is 2. The number of ether oxygens (including phenoxy) is 2. The zero-order valence-electron chi connectivity index (χ0n) is 14.4. The maximum Gasteiger partial charge on any atom is 0.228 e. The summed E-state index contributed by atoms with van der Waals surface area (Å²) in [6.45, 7) is 0. The van der Waals surface area contributed by atoms with Crippen LogP contribution in [-0.2, 0) is 9.59 Å². The first-order chi connectivity index (χ1) is 12.0. The summed E-state index contributed by atoms with van der Waals surface area (Å²) in [6.07, 6.45) is 4.99. The SMILES string of the molecule is COc1cc(NC(=O)C2CC2C(=O)NC2CCCC2)c(OC)cc1Cl. The van der Waals surface area contributed by atoms with Gasteiger partial charge in [-0.25, -0.2) is 0 Å². The molecule has 0 aliphatic heterocycles. The Balaban J connectivity index is 1.60. The molecule has 3 rings (SSSR count). The maximum atomic E-state index is 12.5. The summed E-state index contributed by atoms with van der Waals surface area (Å²) in [5.74, 6) is 0.173. The molecule has 136 valence electrons. The van der Waals surface area contributed by atoms with Crippen LogP contribution in [0.2, 0.25) is 5.02 Å². The molecule has 2 saturated carbocycles. The first-order valence-electron chi connectivity index (χ1n) is 8.56. The van der Waals surface area contributed by atoms with Crippen LogP contribution in [0.1, 0.15) is 32.1 Å². The van der Waals surface area contributed by atoms with Gasteiger partial charge in [0.1, 0.15) is 11.5 Å². The van der Waals surface area contributed by atoms with E-state index in [9.17, 15) is 9.59 Å². The lowest BCUT2D eigenvalue weighted by Gasteiger charge is -2.14. The summed E-state index contributed by atoms with van der Waals surface area (Å²) in [5.41, 5.74) is 0.482. The fraction of sp³-hybridized carbons (Fsp3) is 0.556. The molecule has 0 heterocycles. The second kappa shape index (κ2) is 7.52. The van der Waals surface area contributed by atoms with Crippen molar-refractivity contribution >= 4 is 29.1 Å². The number of rotatable bonds is 6. The summed E-state index contributed by atoms with van der Waals surface area (Å²) in [5, 5.41) is 6.28. The second-order valence-electron chi connectivity index (χ2n) is 6.61. The zero-order chi connectivity index (χ0) is 18.0. The highest BCUT2D eigenvalue weighted by Crippen LogP contribution is 2.42. The van der Waals surface area contributed by atoms with Gasteiger partial charge in [0, 0.05) is 18.2 Å². The van der Waals surface area contributed by atoms with Crippen molar-refractivity contribution in [2.24, 2.45) is 11.8 Å². The monoisotopic (exact) mass is 366 g/mol. The highest BCUT2D eigenvalue weighted by atomic mass is 35.5. The Hall–Kier alpha value is -1.95. The number of methoxy groups -OCH3 is 2. The normalized spacial score (nSPS) is 22.4. The summed E-state index contributed by atoms with van der Waals surface area (Å²) in [7, 11) is 3.01. The van der Waals surface area contributed by atoms with Gasteiger partial charge in [0.25, 0.3) is 0 Å². The number of amides is 2. The average Bonchev–Trinajstić information content (AvgIpc) is 3.26. The van der Waals surface area contributed by atoms with E-state index >= 15 is 0 Å². The minimum Gasteiger partial charge on any atom is -0.495 e. The molecule has 0 bridgehead atoms. The molecule has 6 nitrogen and oxygen atoms in total. The summed E-state index contributed by atoms with van der Waals surface area (Å²) < 4.78 is 10.4. The molecule has 0 radical (unpaired) electrons. The van der Waals surface area contributed by atoms with E-state index in [4.69, 9.17) is 21.1 Å². The van der Waals surface area contributed by atoms with E-state index < -0.39 is 0 Å². The Morgan fingerprint density at radius 3 is 2.32 bits per heavy atom. The minimum absolute atomic E-state index is 0.00676. The molecule has 0 aromatic heterocycles. The summed E-state index contributed by atoms with van der Waals surface area (Å²) in [6, 6.07) is 3.49. The first-order valence-corrected chi connectivity index (χ1v) is 8.94. The van der Waals surface area contributed by atoms with Crippen molar-refractivity contribution in [3.05, 3.63) is 17.2 Å². The molecule has 2 unspecified atom stereocenters. The van der Waals surface area contributed by atoms with Crippen molar-refractivity contribution in [2.75, 3.05) is 19.5 Å². The molecular formula is C18H23ClN2O4. The van der Waals surface area contributed by atoms with Crippen LogP contribution in [0, 0.1) is 11.8 Å². The van der Waals surface area contributed by atoms with E-state index in [-0.39, 0.29) is 29.7 Å². The number of nitrogens with one attached hydrogen (secondary N) is 2. The van der Waals surface area contributed by atoms with Gasteiger partial charge in [0.05, 0.1) is 36.8 Å². The smallest absolute Gasteiger partial charge is 0.228 e. The van der Waals surface area contributed by atoms with Gasteiger partial charge in [-0.2, -0.15) is 0 Å². The van der Waals surface area contributed by atoms with Crippen LogP contribution >= 0.6 is 11.6 Å². The zero-order valence-corrected chi connectivity index (χ0v) is 15.2. The Labute approximate surface area is 152 Å². The number of halogens is 1. The third kappa shape index (κ3) is 4.00.